The summed E-state index contributed by atoms with van der Waals surface area (Å²) in [5, 5.41) is 1.40. The Kier molecular flexibility index (Phi) is 5.59. The third-order valence-electron chi connectivity index (χ3n) is 7.70. The molecule has 0 unspecified atom stereocenters. The van der Waals surface area contributed by atoms with Gasteiger partial charge in [-0.1, -0.05) is 0 Å². The first-order valence-electron chi connectivity index (χ1n) is 11.7. The Bertz CT molecular complexity index is 1330. The van der Waals surface area contributed by atoms with Gasteiger partial charge in [-0.2, -0.15) is 0 Å². The van der Waals surface area contributed by atoms with Gasteiger partial charge in [-0.3, -0.25) is 14.6 Å². The summed E-state index contributed by atoms with van der Waals surface area (Å²) in [4.78, 5) is 31.0. The lowest BCUT2D eigenvalue weighted by Crippen LogP contribution is -2.68. The summed E-state index contributed by atoms with van der Waals surface area (Å²) in [5.74, 6) is 1.39. The highest BCUT2D eigenvalue weighted by Crippen LogP contribution is 2.73. The summed E-state index contributed by atoms with van der Waals surface area (Å²) in [6.07, 6.45) is 7.84. The average Bonchev–Trinajstić information content (AvgIpc) is 2.82. The molecule has 8 nitrogen and oxygen atoms in total. The number of hydrogen-bond donors (Lipinski definition) is 0. The lowest BCUT2D eigenvalue weighted by Gasteiger charge is -2.69. The van der Waals surface area contributed by atoms with E-state index in [4.69, 9.17) is 14.2 Å². The number of carbonyl (C=O) groups excluding carboxylic acids is 1. The smallest absolute Gasteiger partial charge is 0.311 e. The van der Waals surface area contributed by atoms with Crippen LogP contribution in [0.3, 0.4) is 0 Å². The summed E-state index contributed by atoms with van der Waals surface area (Å²) in [6.45, 7) is 1.55. The van der Waals surface area contributed by atoms with Crippen molar-refractivity contribution in [3.05, 3.63) is 52.7 Å². The van der Waals surface area contributed by atoms with Crippen molar-refractivity contribution in [2.75, 3.05) is 34.9 Å². The van der Waals surface area contributed by atoms with Gasteiger partial charge in [0.2, 0.25) is 0 Å². The number of carbonyl (C=O) groups is 1. The molecule has 184 valence electrons. The van der Waals surface area contributed by atoms with Gasteiger partial charge in [0.15, 0.2) is 0 Å². The molecule has 0 atom stereocenters. The van der Waals surface area contributed by atoms with Gasteiger partial charge in [-0.25, -0.2) is 0 Å². The van der Waals surface area contributed by atoms with Crippen LogP contribution in [0, 0.1) is 10.8 Å². The number of rotatable bonds is 8. The molecular weight excluding hydrogens is 446 g/mol. The van der Waals surface area contributed by atoms with Gasteiger partial charge in [-0.15, -0.1) is 0 Å². The number of benzene rings is 1. The summed E-state index contributed by atoms with van der Waals surface area (Å²) in [5.41, 5.74) is 2.65. The fourth-order valence-electron chi connectivity index (χ4n) is 6.33. The number of fused-ring (bicyclic) bond motifs is 1. The van der Waals surface area contributed by atoms with Crippen LogP contribution >= 0.6 is 0 Å². The van der Waals surface area contributed by atoms with Gasteiger partial charge < -0.3 is 23.7 Å². The maximum Gasteiger partial charge on any atom is 0.311 e. The van der Waals surface area contributed by atoms with E-state index in [2.05, 4.69) is 16.9 Å². The van der Waals surface area contributed by atoms with Crippen molar-refractivity contribution < 1.29 is 19.0 Å². The van der Waals surface area contributed by atoms with Crippen molar-refractivity contribution in [3.8, 4) is 22.6 Å². The number of aromatic nitrogens is 2. The van der Waals surface area contributed by atoms with Crippen LogP contribution < -0.4 is 15.0 Å². The zero-order chi connectivity index (χ0) is 25.0. The van der Waals surface area contributed by atoms with Crippen LogP contribution in [0.2, 0.25) is 0 Å². The summed E-state index contributed by atoms with van der Waals surface area (Å²) < 4.78 is 18.2. The standard InChI is InChI=1S/C27H31N3O5/c1-29(16-26-13-27(14-26,15-26)25(32)35-5)11-21-22(33-3)8-17(9-23(21)34-4)20-12-30(2)24(31)19-10-28-7-6-18(19)20/h6-10,12H,11,13-16H2,1-5H3. The van der Waals surface area contributed by atoms with Crippen molar-refractivity contribution in [2.45, 2.75) is 25.8 Å². The van der Waals surface area contributed by atoms with E-state index < -0.39 is 0 Å². The third-order valence-corrected chi connectivity index (χ3v) is 7.70. The number of methoxy groups -OCH3 is 3. The van der Waals surface area contributed by atoms with Crippen molar-refractivity contribution in [1.82, 2.24) is 14.5 Å². The normalized spacial score (nSPS) is 22.5. The number of nitrogens with zero attached hydrogens (tertiary/aromatic N) is 3. The lowest BCUT2D eigenvalue weighted by atomic mass is 9.35. The van der Waals surface area contributed by atoms with Crippen molar-refractivity contribution in [2.24, 2.45) is 17.9 Å². The highest BCUT2D eigenvalue weighted by molar-refractivity contribution is 5.95. The minimum Gasteiger partial charge on any atom is -0.496 e. The van der Waals surface area contributed by atoms with Crippen LogP contribution in [-0.4, -0.2) is 55.3 Å². The molecule has 8 heteroatoms. The number of ether oxygens (including phenoxy) is 3. The molecule has 0 amide bonds. The number of aryl methyl sites for hydroxylation is 1. The second-order valence-electron chi connectivity index (χ2n) is 10.2. The Labute approximate surface area is 204 Å². The van der Waals surface area contributed by atoms with Crippen LogP contribution in [0.15, 0.2) is 41.6 Å². The van der Waals surface area contributed by atoms with Crippen LogP contribution in [0.4, 0.5) is 0 Å². The van der Waals surface area contributed by atoms with E-state index in [0.29, 0.717) is 11.9 Å². The molecule has 3 aromatic rings. The second-order valence-corrected chi connectivity index (χ2v) is 10.2. The maximum absolute atomic E-state index is 12.6. The molecule has 2 aromatic heterocycles. The first kappa shape index (κ1) is 23.4. The summed E-state index contributed by atoms with van der Waals surface area (Å²) >= 11 is 0. The molecule has 0 radical (unpaired) electrons. The van der Waals surface area contributed by atoms with E-state index in [9.17, 15) is 9.59 Å². The topological polar surface area (TPSA) is 82.9 Å². The molecule has 2 heterocycles. The highest BCUT2D eigenvalue weighted by atomic mass is 16.5. The zero-order valence-electron chi connectivity index (χ0n) is 20.9. The van der Waals surface area contributed by atoms with Gasteiger partial charge in [0.05, 0.1) is 37.7 Å². The second kappa shape index (κ2) is 8.37. The summed E-state index contributed by atoms with van der Waals surface area (Å²) in [6, 6.07) is 5.86. The Hall–Kier alpha value is -3.39. The predicted molar refractivity (Wildman–Crippen MR) is 133 cm³/mol. The van der Waals surface area contributed by atoms with Crippen LogP contribution in [0.1, 0.15) is 24.8 Å². The molecule has 3 aliphatic rings. The monoisotopic (exact) mass is 477 g/mol. The molecule has 0 saturated heterocycles. The summed E-state index contributed by atoms with van der Waals surface area (Å²) in [7, 11) is 8.62. The van der Waals surface area contributed by atoms with Gasteiger partial charge in [0.25, 0.3) is 5.56 Å². The molecule has 1 aromatic carbocycles. The third kappa shape index (κ3) is 3.67. The van der Waals surface area contributed by atoms with E-state index in [1.807, 2.05) is 24.4 Å². The van der Waals surface area contributed by atoms with E-state index in [1.165, 1.54) is 7.11 Å². The van der Waals surface area contributed by atoms with Crippen molar-refractivity contribution in [3.63, 3.8) is 0 Å². The van der Waals surface area contributed by atoms with Crippen molar-refractivity contribution in [1.29, 1.82) is 0 Å². The molecule has 0 spiro atoms. The fourth-order valence-corrected chi connectivity index (χ4v) is 6.33. The average molecular weight is 478 g/mol. The van der Waals surface area contributed by atoms with E-state index >= 15 is 0 Å². The highest BCUT2D eigenvalue weighted by Gasteiger charge is 2.72. The molecular formula is C27H31N3O5. The lowest BCUT2D eigenvalue weighted by molar-refractivity contribution is -0.230. The Morgan fingerprint density at radius 2 is 1.77 bits per heavy atom. The predicted octanol–water partition coefficient (Wildman–Crippen LogP) is 3.39. The molecule has 35 heavy (non-hydrogen) atoms. The molecule has 3 fully saturated rings. The largest absolute Gasteiger partial charge is 0.496 e. The van der Waals surface area contributed by atoms with Gasteiger partial charge in [0, 0.05) is 44.3 Å². The van der Waals surface area contributed by atoms with Crippen molar-refractivity contribution >= 4 is 16.7 Å². The minimum atomic E-state index is -0.235. The SMILES string of the molecule is COC(=O)C12CC(CN(C)Cc3c(OC)cc(-c4cn(C)c(=O)c5cnccc45)cc3OC)(C1)C2. The molecule has 6 rings (SSSR count). The van der Waals surface area contributed by atoms with Gasteiger partial charge >= 0.3 is 5.97 Å². The Morgan fingerprint density at radius 1 is 1.11 bits per heavy atom. The molecule has 3 saturated carbocycles. The van der Waals surface area contributed by atoms with E-state index in [0.717, 1.165) is 59.4 Å². The maximum atomic E-state index is 12.6. The first-order chi connectivity index (χ1) is 16.7. The quantitative estimate of drug-likeness (QED) is 0.460. The Morgan fingerprint density at radius 3 is 2.37 bits per heavy atom. The van der Waals surface area contributed by atoms with Crippen LogP contribution in [0.25, 0.3) is 21.9 Å². The minimum absolute atomic E-state index is 0.0670. The van der Waals surface area contributed by atoms with E-state index in [1.54, 1.807) is 38.2 Å². The number of esters is 1. The zero-order valence-corrected chi connectivity index (χ0v) is 20.9. The number of pyridine rings is 2. The molecule has 3 aliphatic carbocycles. The molecule has 2 bridgehead atoms. The first-order valence-corrected chi connectivity index (χ1v) is 11.7. The van der Waals surface area contributed by atoms with E-state index in [-0.39, 0.29) is 22.4 Å². The van der Waals surface area contributed by atoms with Crippen LogP contribution in [-0.2, 0) is 23.1 Å². The fraction of sp³-hybridized carbons (Fsp3) is 0.444. The van der Waals surface area contributed by atoms with Crippen LogP contribution in [0.5, 0.6) is 11.5 Å². The molecule has 0 N–H and O–H groups in total. The van der Waals surface area contributed by atoms with Gasteiger partial charge in [-0.05, 0) is 60.9 Å². The van der Waals surface area contributed by atoms with Gasteiger partial charge in [0.1, 0.15) is 11.5 Å². The number of hydrogen-bond acceptors (Lipinski definition) is 7. The molecule has 0 aliphatic heterocycles. The Balaban J connectivity index is 1.44.